The first kappa shape index (κ1) is 22.1. The van der Waals surface area contributed by atoms with Gasteiger partial charge in [-0.1, -0.05) is 0 Å². The van der Waals surface area contributed by atoms with Gasteiger partial charge in [0.15, 0.2) is 5.82 Å². The van der Waals surface area contributed by atoms with E-state index in [1.54, 1.807) is 12.3 Å². The lowest BCUT2D eigenvalue weighted by Gasteiger charge is -2.26. The number of nitrogens with zero attached hydrogens (tertiary/aromatic N) is 2. The first-order chi connectivity index (χ1) is 16.4. The van der Waals surface area contributed by atoms with Crippen LogP contribution < -0.4 is 31.2 Å². The number of anilines is 2. The van der Waals surface area contributed by atoms with Crippen molar-refractivity contribution in [3.05, 3.63) is 35.9 Å². The second-order valence-corrected chi connectivity index (χ2v) is 8.30. The Balaban J connectivity index is 1.46. The number of halogens is 2. The van der Waals surface area contributed by atoms with Gasteiger partial charge < -0.3 is 31.2 Å². The number of hydrogen-bond acceptors (Lipinski definition) is 8. The van der Waals surface area contributed by atoms with Gasteiger partial charge in [0.05, 0.1) is 11.7 Å². The molecule has 2 aliphatic heterocycles. The lowest BCUT2D eigenvalue weighted by atomic mass is 9.97. The fourth-order valence-electron chi connectivity index (χ4n) is 4.28. The minimum atomic E-state index is -1.20. The molecule has 5 N–H and O–H groups in total. The molecular weight excluding hydrogens is 446 g/mol. The van der Waals surface area contributed by atoms with Gasteiger partial charge in [0.25, 0.3) is 0 Å². The second kappa shape index (κ2) is 8.90. The van der Waals surface area contributed by atoms with Crippen molar-refractivity contribution in [1.82, 2.24) is 20.6 Å². The number of rotatable bonds is 3. The Labute approximate surface area is 194 Å². The molecule has 0 spiro atoms. The number of nitrogens with one attached hydrogen (secondary N) is 3. The summed E-state index contributed by atoms with van der Waals surface area (Å²) in [5.74, 6) is -0.138. The molecule has 1 saturated heterocycles. The van der Waals surface area contributed by atoms with Crippen molar-refractivity contribution >= 4 is 28.2 Å². The van der Waals surface area contributed by atoms with Gasteiger partial charge in [-0.15, -0.1) is 0 Å². The highest BCUT2D eigenvalue weighted by atomic mass is 19.1. The van der Waals surface area contributed by atoms with Gasteiger partial charge in [-0.2, -0.15) is 0 Å². The Morgan fingerprint density at radius 1 is 1.26 bits per heavy atom. The number of fused-ring (bicyclic) bond motifs is 2. The van der Waals surface area contributed by atoms with Crippen LogP contribution >= 0.6 is 0 Å². The maximum absolute atomic E-state index is 15.3. The molecule has 3 aromatic rings. The SMILES string of the molecule is Cc1c(-c2cc3cc(OC(=O)NC4CCNCC4F)ncc3c(N)c2F)cnc2c1NCCO2. The fraction of sp³-hybridized carbons (Fsp3) is 0.348. The van der Waals surface area contributed by atoms with Crippen molar-refractivity contribution in [2.24, 2.45) is 0 Å². The van der Waals surface area contributed by atoms with Gasteiger partial charge in [0, 0.05) is 48.1 Å². The predicted molar refractivity (Wildman–Crippen MR) is 123 cm³/mol. The molecule has 1 fully saturated rings. The number of carbonyl (C=O) groups excluding carboxylic acids is 1. The number of piperidine rings is 1. The highest BCUT2D eigenvalue weighted by Crippen LogP contribution is 2.39. The topological polar surface area (TPSA) is 123 Å². The van der Waals surface area contributed by atoms with Gasteiger partial charge in [-0.05, 0) is 36.9 Å². The summed E-state index contributed by atoms with van der Waals surface area (Å²) < 4.78 is 40.1. The summed E-state index contributed by atoms with van der Waals surface area (Å²) in [7, 11) is 0. The van der Waals surface area contributed by atoms with Crippen LogP contribution in [0.4, 0.5) is 25.0 Å². The largest absolute Gasteiger partial charge is 0.474 e. The van der Waals surface area contributed by atoms with Crippen LogP contribution in [-0.4, -0.2) is 54.5 Å². The van der Waals surface area contributed by atoms with E-state index in [4.69, 9.17) is 15.2 Å². The van der Waals surface area contributed by atoms with E-state index >= 15 is 4.39 Å². The minimum absolute atomic E-state index is 0.0124. The second-order valence-electron chi connectivity index (χ2n) is 8.30. The van der Waals surface area contributed by atoms with Crippen LogP contribution in [0.5, 0.6) is 11.8 Å². The highest BCUT2D eigenvalue weighted by molar-refractivity contribution is 5.98. The van der Waals surface area contributed by atoms with Crippen LogP contribution in [0.3, 0.4) is 0 Å². The molecule has 34 heavy (non-hydrogen) atoms. The Hall–Kier alpha value is -3.73. The van der Waals surface area contributed by atoms with Crippen LogP contribution in [-0.2, 0) is 0 Å². The van der Waals surface area contributed by atoms with Crippen molar-refractivity contribution in [3.63, 3.8) is 0 Å². The molecule has 2 unspecified atom stereocenters. The van der Waals surface area contributed by atoms with E-state index in [0.29, 0.717) is 54.0 Å². The molecule has 178 valence electrons. The zero-order valence-electron chi connectivity index (χ0n) is 18.5. The van der Waals surface area contributed by atoms with Crippen LogP contribution in [0, 0.1) is 12.7 Å². The molecule has 1 aromatic carbocycles. The number of alkyl halides is 1. The molecule has 2 aromatic heterocycles. The summed E-state index contributed by atoms with van der Waals surface area (Å²) in [4.78, 5) is 20.7. The summed E-state index contributed by atoms with van der Waals surface area (Å²) in [6.07, 6.45) is 1.33. The summed E-state index contributed by atoms with van der Waals surface area (Å²) >= 11 is 0. The molecule has 4 heterocycles. The molecular formula is C23H24F2N6O3. The number of ether oxygens (including phenoxy) is 2. The normalized spacial score (nSPS) is 19.6. The van der Waals surface area contributed by atoms with Crippen LogP contribution in [0.2, 0.25) is 0 Å². The number of hydrogen-bond donors (Lipinski definition) is 4. The summed E-state index contributed by atoms with van der Waals surface area (Å²) in [6, 6.07) is 2.46. The quantitative estimate of drug-likeness (QED) is 0.431. The zero-order chi connectivity index (χ0) is 23.8. The van der Waals surface area contributed by atoms with E-state index in [-0.39, 0.29) is 23.7 Å². The summed E-state index contributed by atoms with van der Waals surface area (Å²) in [5, 5.41) is 9.59. The Morgan fingerprint density at radius 3 is 2.94 bits per heavy atom. The minimum Gasteiger partial charge on any atom is -0.474 e. The number of aromatic nitrogens is 2. The Morgan fingerprint density at radius 2 is 2.12 bits per heavy atom. The Kier molecular flexibility index (Phi) is 5.78. The van der Waals surface area contributed by atoms with Crippen molar-refractivity contribution in [3.8, 4) is 22.9 Å². The third kappa shape index (κ3) is 4.03. The van der Waals surface area contributed by atoms with Gasteiger partial charge in [0.2, 0.25) is 11.8 Å². The van der Waals surface area contributed by atoms with E-state index in [0.717, 1.165) is 5.56 Å². The number of amides is 1. The fourth-order valence-corrected chi connectivity index (χ4v) is 4.28. The summed E-state index contributed by atoms with van der Waals surface area (Å²) in [5.41, 5.74) is 8.30. The van der Waals surface area contributed by atoms with E-state index in [1.165, 1.54) is 12.3 Å². The van der Waals surface area contributed by atoms with Crippen molar-refractivity contribution in [2.45, 2.75) is 25.6 Å². The van der Waals surface area contributed by atoms with Gasteiger partial charge in [0.1, 0.15) is 18.5 Å². The van der Waals surface area contributed by atoms with Crippen LogP contribution in [0.25, 0.3) is 21.9 Å². The monoisotopic (exact) mass is 470 g/mol. The van der Waals surface area contributed by atoms with Gasteiger partial charge in [-0.3, -0.25) is 0 Å². The van der Waals surface area contributed by atoms with Gasteiger partial charge >= 0.3 is 6.09 Å². The van der Waals surface area contributed by atoms with Gasteiger partial charge in [-0.25, -0.2) is 23.5 Å². The number of nitrogen functional groups attached to an aromatic ring is 1. The molecule has 2 aliphatic rings. The number of pyridine rings is 2. The van der Waals surface area contributed by atoms with E-state index < -0.39 is 24.1 Å². The smallest absolute Gasteiger partial charge is 0.414 e. The number of benzene rings is 1. The lowest BCUT2D eigenvalue weighted by molar-refractivity contribution is 0.166. The molecule has 2 atom stereocenters. The molecule has 0 radical (unpaired) electrons. The average Bonchev–Trinajstić information content (AvgIpc) is 2.83. The molecule has 0 aliphatic carbocycles. The third-order valence-corrected chi connectivity index (χ3v) is 6.12. The van der Waals surface area contributed by atoms with Crippen LogP contribution in [0.1, 0.15) is 12.0 Å². The van der Waals surface area contributed by atoms with E-state index in [2.05, 4.69) is 25.9 Å². The highest BCUT2D eigenvalue weighted by Gasteiger charge is 2.27. The lowest BCUT2D eigenvalue weighted by Crippen LogP contribution is -2.51. The Bertz CT molecular complexity index is 1270. The first-order valence-electron chi connectivity index (χ1n) is 11.0. The van der Waals surface area contributed by atoms with E-state index in [1.807, 2.05) is 6.92 Å². The summed E-state index contributed by atoms with van der Waals surface area (Å²) in [6.45, 7) is 3.75. The molecule has 0 bridgehead atoms. The predicted octanol–water partition coefficient (Wildman–Crippen LogP) is 2.92. The van der Waals surface area contributed by atoms with Crippen molar-refractivity contribution in [2.75, 3.05) is 37.3 Å². The van der Waals surface area contributed by atoms with Crippen LogP contribution in [0.15, 0.2) is 24.5 Å². The molecule has 9 nitrogen and oxygen atoms in total. The first-order valence-corrected chi connectivity index (χ1v) is 11.0. The maximum atomic E-state index is 15.3. The van der Waals surface area contributed by atoms with E-state index in [9.17, 15) is 9.18 Å². The average molecular weight is 470 g/mol. The zero-order valence-corrected chi connectivity index (χ0v) is 18.5. The molecule has 11 heteroatoms. The molecule has 1 amide bonds. The van der Waals surface area contributed by atoms with Crippen molar-refractivity contribution < 1.29 is 23.0 Å². The molecule has 5 rings (SSSR count). The third-order valence-electron chi connectivity index (χ3n) is 6.12. The standard InChI is InChI=1S/C23H24F2N6O3/c1-11-14(8-30-22-21(11)28-4-5-33-22)13-6-12-7-18(29-9-15(12)20(26)19(13)25)34-23(32)31-17-2-3-27-10-16(17)24/h6-9,16-17,27-28H,2-5,10,26H2,1H3,(H,31,32). The molecule has 0 saturated carbocycles. The number of nitrogens with two attached hydrogens (primary N) is 1. The van der Waals surface area contributed by atoms with Crippen molar-refractivity contribution in [1.29, 1.82) is 0 Å². The maximum Gasteiger partial charge on any atom is 0.414 e. The number of carbonyl (C=O) groups is 1.